The molecule has 0 amide bonds. The predicted molar refractivity (Wildman–Crippen MR) is 80.1 cm³/mol. The summed E-state index contributed by atoms with van der Waals surface area (Å²) in [6, 6.07) is 1.88. The Hall–Kier alpha value is -1.12. The fourth-order valence-corrected chi connectivity index (χ4v) is 3.80. The number of hydrogen-bond donors (Lipinski definition) is 0. The Morgan fingerprint density at radius 3 is 2.00 bits per heavy atom. The number of aromatic nitrogens is 2. The second kappa shape index (κ2) is 6.36. The summed E-state index contributed by atoms with van der Waals surface area (Å²) >= 11 is 0. The molecule has 106 valence electrons. The van der Waals surface area contributed by atoms with Crippen LogP contribution in [0.1, 0.15) is 40.5 Å². The molecule has 0 spiro atoms. The number of piperidine rings is 1. The SMILES string of the molecule is CC(C)C(C(C)C)C1CCN(c2ncccn2)CC1. The van der Waals surface area contributed by atoms with Crippen molar-refractivity contribution in [2.24, 2.45) is 23.7 Å². The van der Waals surface area contributed by atoms with E-state index in [1.165, 1.54) is 12.8 Å². The highest BCUT2D eigenvalue weighted by molar-refractivity contribution is 5.28. The topological polar surface area (TPSA) is 29.0 Å². The largest absolute Gasteiger partial charge is 0.341 e. The van der Waals surface area contributed by atoms with Gasteiger partial charge in [0.2, 0.25) is 5.95 Å². The fourth-order valence-electron chi connectivity index (χ4n) is 3.80. The third kappa shape index (κ3) is 3.46. The van der Waals surface area contributed by atoms with E-state index < -0.39 is 0 Å². The van der Waals surface area contributed by atoms with Crippen LogP contribution in [0.25, 0.3) is 0 Å². The van der Waals surface area contributed by atoms with E-state index >= 15 is 0 Å². The minimum atomic E-state index is 0.782. The number of rotatable bonds is 4. The van der Waals surface area contributed by atoms with E-state index in [1.54, 1.807) is 0 Å². The van der Waals surface area contributed by atoms with Gasteiger partial charge in [-0.05, 0) is 42.6 Å². The van der Waals surface area contributed by atoms with Crippen LogP contribution in [0, 0.1) is 23.7 Å². The lowest BCUT2D eigenvalue weighted by atomic mass is 9.72. The molecule has 3 heteroatoms. The molecule has 0 bridgehead atoms. The molecule has 19 heavy (non-hydrogen) atoms. The van der Waals surface area contributed by atoms with Gasteiger partial charge in [-0.3, -0.25) is 0 Å². The normalized spacial score (nSPS) is 17.7. The zero-order valence-electron chi connectivity index (χ0n) is 12.7. The average molecular weight is 261 g/mol. The second-order valence-electron chi connectivity index (χ2n) is 6.44. The molecular weight excluding hydrogens is 234 g/mol. The Labute approximate surface area is 117 Å². The van der Waals surface area contributed by atoms with Gasteiger partial charge in [0.25, 0.3) is 0 Å². The Morgan fingerprint density at radius 1 is 1.00 bits per heavy atom. The molecule has 0 aromatic carbocycles. The fraction of sp³-hybridized carbons (Fsp3) is 0.750. The summed E-state index contributed by atoms with van der Waals surface area (Å²) in [7, 11) is 0. The van der Waals surface area contributed by atoms with E-state index in [0.717, 1.165) is 42.7 Å². The van der Waals surface area contributed by atoms with Gasteiger partial charge >= 0.3 is 0 Å². The summed E-state index contributed by atoms with van der Waals surface area (Å²) in [5.41, 5.74) is 0. The molecule has 1 fully saturated rings. The molecule has 0 N–H and O–H groups in total. The van der Waals surface area contributed by atoms with Crippen LogP contribution in [0.2, 0.25) is 0 Å². The van der Waals surface area contributed by atoms with Crippen molar-refractivity contribution >= 4 is 5.95 Å². The first-order valence-electron chi connectivity index (χ1n) is 7.61. The summed E-state index contributed by atoms with van der Waals surface area (Å²) in [4.78, 5) is 11.0. The van der Waals surface area contributed by atoms with Gasteiger partial charge in [-0.15, -0.1) is 0 Å². The first-order chi connectivity index (χ1) is 9.09. The highest BCUT2D eigenvalue weighted by Gasteiger charge is 2.30. The minimum Gasteiger partial charge on any atom is -0.341 e. The van der Waals surface area contributed by atoms with Crippen molar-refractivity contribution in [2.45, 2.75) is 40.5 Å². The summed E-state index contributed by atoms with van der Waals surface area (Å²) in [5.74, 6) is 4.17. The standard InChI is InChI=1S/C16H27N3/c1-12(2)15(13(3)4)14-6-10-19(11-7-14)16-17-8-5-9-18-16/h5,8-9,12-15H,6-7,10-11H2,1-4H3. The van der Waals surface area contributed by atoms with E-state index in [4.69, 9.17) is 0 Å². The average Bonchev–Trinajstić information content (AvgIpc) is 2.40. The molecule has 3 nitrogen and oxygen atoms in total. The maximum absolute atomic E-state index is 4.36. The molecular formula is C16H27N3. The third-order valence-corrected chi connectivity index (χ3v) is 4.46. The van der Waals surface area contributed by atoms with Crippen LogP contribution in [0.5, 0.6) is 0 Å². The highest BCUT2D eigenvalue weighted by atomic mass is 15.2. The maximum atomic E-state index is 4.36. The Bertz CT molecular complexity index is 359. The van der Waals surface area contributed by atoms with Gasteiger partial charge in [0.05, 0.1) is 0 Å². The van der Waals surface area contributed by atoms with Crippen LogP contribution < -0.4 is 4.90 Å². The van der Waals surface area contributed by atoms with Gasteiger partial charge in [-0.2, -0.15) is 0 Å². The van der Waals surface area contributed by atoms with E-state index in [2.05, 4.69) is 42.6 Å². The van der Waals surface area contributed by atoms with Crippen molar-refractivity contribution in [3.63, 3.8) is 0 Å². The Kier molecular flexibility index (Phi) is 4.78. The molecule has 1 aliphatic heterocycles. The van der Waals surface area contributed by atoms with Crippen LogP contribution >= 0.6 is 0 Å². The van der Waals surface area contributed by atoms with Crippen LogP contribution in [0.4, 0.5) is 5.95 Å². The summed E-state index contributed by atoms with van der Waals surface area (Å²) < 4.78 is 0. The van der Waals surface area contributed by atoms with Crippen LogP contribution in [0.3, 0.4) is 0 Å². The van der Waals surface area contributed by atoms with Crippen molar-refractivity contribution in [2.75, 3.05) is 18.0 Å². The zero-order chi connectivity index (χ0) is 13.8. The predicted octanol–water partition coefficient (Wildman–Crippen LogP) is 3.62. The van der Waals surface area contributed by atoms with Gasteiger partial charge in [0.15, 0.2) is 0 Å². The van der Waals surface area contributed by atoms with Gasteiger partial charge in [0, 0.05) is 25.5 Å². The summed E-state index contributed by atoms with van der Waals surface area (Å²) in [5, 5.41) is 0. The first kappa shape index (κ1) is 14.3. The Morgan fingerprint density at radius 2 is 1.53 bits per heavy atom. The van der Waals surface area contributed by atoms with Crippen molar-refractivity contribution in [3.8, 4) is 0 Å². The Balaban J connectivity index is 1.95. The molecule has 0 saturated carbocycles. The zero-order valence-corrected chi connectivity index (χ0v) is 12.7. The van der Waals surface area contributed by atoms with Gasteiger partial charge in [-0.1, -0.05) is 27.7 Å². The molecule has 0 unspecified atom stereocenters. The summed E-state index contributed by atoms with van der Waals surface area (Å²) in [6.45, 7) is 11.7. The molecule has 1 aliphatic rings. The van der Waals surface area contributed by atoms with Crippen LogP contribution in [0.15, 0.2) is 18.5 Å². The highest BCUT2D eigenvalue weighted by Crippen LogP contribution is 2.35. The minimum absolute atomic E-state index is 0.782. The molecule has 1 aromatic heterocycles. The van der Waals surface area contributed by atoms with Crippen LogP contribution in [-0.4, -0.2) is 23.1 Å². The molecule has 2 rings (SSSR count). The van der Waals surface area contributed by atoms with E-state index in [0.29, 0.717) is 0 Å². The van der Waals surface area contributed by atoms with E-state index in [-0.39, 0.29) is 0 Å². The number of hydrogen-bond acceptors (Lipinski definition) is 3. The van der Waals surface area contributed by atoms with E-state index in [1.807, 2.05) is 18.5 Å². The molecule has 0 radical (unpaired) electrons. The molecule has 0 atom stereocenters. The van der Waals surface area contributed by atoms with E-state index in [9.17, 15) is 0 Å². The quantitative estimate of drug-likeness (QED) is 0.829. The summed E-state index contributed by atoms with van der Waals surface area (Å²) in [6.07, 6.45) is 6.22. The number of nitrogens with zero attached hydrogens (tertiary/aromatic N) is 3. The molecule has 1 aromatic rings. The van der Waals surface area contributed by atoms with Gasteiger partial charge in [0.1, 0.15) is 0 Å². The van der Waals surface area contributed by atoms with Crippen molar-refractivity contribution < 1.29 is 0 Å². The molecule has 2 heterocycles. The molecule has 1 saturated heterocycles. The lowest BCUT2D eigenvalue weighted by Crippen LogP contribution is -2.39. The van der Waals surface area contributed by atoms with Gasteiger partial charge < -0.3 is 4.90 Å². The van der Waals surface area contributed by atoms with Crippen molar-refractivity contribution in [3.05, 3.63) is 18.5 Å². The van der Waals surface area contributed by atoms with Crippen molar-refractivity contribution in [1.82, 2.24) is 9.97 Å². The maximum Gasteiger partial charge on any atom is 0.225 e. The van der Waals surface area contributed by atoms with Gasteiger partial charge in [-0.25, -0.2) is 9.97 Å². The van der Waals surface area contributed by atoms with Crippen molar-refractivity contribution in [1.29, 1.82) is 0 Å². The third-order valence-electron chi connectivity index (χ3n) is 4.46. The van der Waals surface area contributed by atoms with Crippen LogP contribution in [-0.2, 0) is 0 Å². The molecule has 0 aliphatic carbocycles. The lowest BCUT2D eigenvalue weighted by Gasteiger charge is -2.39. The monoisotopic (exact) mass is 261 g/mol. The second-order valence-corrected chi connectivity index (χ2v) is 6.44. The number of anilines is 1. The smallest absolute Gasteiger partial charge is 0.225 e. The lowest BCUT2D eigenvalue weighted by molar-refractivity contribution is 0.158. The first-order valence-corrected chi connectivity index (χ1v) is 7.61.